The van der Waals surface area contributed by atoms with Gasteiger partial charge in [0.15, 0.2) is 0 Å². The molecule has 0 saturated carbocycles. The molecule has 0 spiro atoms. The standard InChI is InChI=1S/C7H7F3N2/c1-3-2-4(6(8)9)12-7(10)5(3)11/h2,6H,11H2,1H3. The number of halogens is 3. The summed E-state index contributed by atoms with van der Waals surface area (Å²) in [5.74, 6) is -1.04. The first-order valence-corrected chi connectivity index (χ1v) is 3.23. The molecule has 0 aliphatic carbocycles. The number of pyridine rings is 1. The van der Waals surface area contributed by atoms with Crippen LogP contribution in [0.4, 0.5) is 18.9 Å². The molecule has 12 heavy (non-hydrogen) atoms. The fraction of sp³-hybridized carbons (Fsp3) is 0.286. The molecule has 0 amide bonds. The molecule has 5 heteroatoms. The summed E-state index contributed by atoms with van der Waals surface area (Å²) in [7, 11) is 0. The van der Waals surface area contributed by atoms with Gasteiger partial charge in [-0.2, -0.15) is 4.39 Å². The fourth-order valence-corrected chi connectivity index (χ4v) is 0.780. The molecule has 0 fully saturated rings. The second-order valence-corrected chi connectivity index (χ2v) is 2.37. The lowest BCUT2D eigenvalue weighted by Gasteiger charge is -2.03. The largest absolute Gasteiger partial charge is 0.395 e. The van der Waals surface area contributed by atoms with Crippen molar-refractivity contribution in [2.24, 2.45) is 0 Å². The van der Waals surface area contributed by atoms with Crippen LogP contribution in [0.15, 0.2) is 6.07 Å². The summed E-state index contributed by atoms with van der Waals surface area (Å²) >= 11 is 0. The number of hydrogen-bond acceptors (Lipinski definition) is 2. The van der Waals surface area contributed by atoms with Crippen LogP contribution < -0.4 is 5.73 Å². The number of aryl methyl sites for hydroxylation is 1. The third kappa shape index (κ3) is 1.49. The van der Waals surface area contributed by atoms with E-state index >= 15 is 0 Å². The first-order chi connectivity index (χ1) is 5.52. The Hall–Kier alpha value is -1.26. The van der Waals surface area contributed by atoms with Gasteiger partial charge in [-0.3, -0.25) is 0 Å². The van der Waals surface area contributed by atoms with Crippen LogP contribution in [0.2, 0.25) is 0 Å². The van der Waals surface area contributed by atoms with Crippen molar-refractivity contribution >= 4 is 5.69 Å². The van der Waals surface area contributed by atoms with E-state index in [0.29, 0.717) is 0 Å². The van der Waals surface area contributed by atoms with Crippen molar-refractivity contribution in [3.8, 4) is 0 Å². The summed E-state index contributed by atoms with van der Waals surface area (Å²) in [6.45, 7) is 1.45. The molecule has 0 saturated heterocycles. The Morgan fingerprint density at radius 2 is 2.08 bits per heavy atom. The first-order valence-electron chi connectivity index (χ1n) is 3.23. The Morgan fingerprint density at radius 3 is 2.50 bits per heavy atom. The quantitative estimate of drug-likeness (QED) is 0.665. The lowest BCUT2D eigenvalue weighted by atomic mass is 10.2. The summed E-state index contributed by atoms with van der Waals surface area (Å²) in [5.41, 5.74) is 4.68. The summed E-state index contributed by atoms with van der Waals surface area (Å²) < 4.78 is 36.6. The molecule has 0 bridgehead atoms. The van der Waals surface area contributed by atoms with Gasteiger partial charge in [0.05, 0.1) is 5.69 Å². The van der Waals surface area contributed by atoms with Gasteiger partial charge >= 0.3 is 0 Å². The molecule has 1 heterocycles. The molecule has 0 unspecified atom stereocenters. The molecular formula is C7H7F3N2. The Labute approximate surface area is 67.2 Å². The van der Waals surface area contributed by atoms with Gasteiger partial charge in [0.1, 0.15) is 5.69 Å². The van der Waals surface area contributed by atoms with E-state index in [4.69, 9.17) is 5.73 Å². The van der Waals surface area contributed by atoms with Gasteiger partial charge in [-0.05, 0) is 18.6 Å². The van der Waals surface area contributed by atoms with E-state index in [1.807, 2.05) is 0 Å². The van der Waals surface area contributed by atoms with Crippen LogP contribution >= 0.6 is 0 Å². The van der Waals surface area contributed by atoms with Gasteiger partial charge < -0.3 is 5.73 Å². The highest BCUT2D eigenvalue weighted by Crippen LogP contribution is 2.21. The van der Waals surface area contributed by atoms with Crippen molar-refractivity contribution in [2.75, 3.05) is 5.73 Å². The number of rotatable bonds is 1. The minimum absolute atomic E-state index is 0.181. The topological polar surface area (TPSA) is 38.9 Å². The third-order valence-corrected chi connectivity index (χ3v) is 1.46. The smallest absolute Gasteiger partial charge is 0.280 e. The maximum atomic E-state index is 12.6. The molecule has 1 aromatic rings. The zero-order valence-electron chi connectivity index (χ0n) is 6.31. The minimum Gasteiger partial charge on any atom is -0.395 e. The molecule has 66 valence electrons. The van der Waals surface area contributed by atoms with Crippen LogP contribution in [0.25, 0.3) is 0 Å². The third-order valence-electron chi connectivity index (χ3n) is 1.46. The van der Waals surface area contributed by atoms with E-state index in [0.717, 1.165) is 6.07 Å². The van der Waals surface area contributed by atoms with Crippen molar-refractivity contribution in [1.82, 2.24) is 4.98 Å². The monoisotopic (exact) mass is 176 g/mol. The molecule has 2 N–H and O–H groups in total. The molecule has 0 aliphatic rings. The van der Waals surface area contributed by atoms with Gasteiger partial charge in [-0.25, -0.2) is 13.8 Å². The molecule has 0 atom stereocenters. The maximum Gasteiger partial charge on any atom is 0.280 e. The maximum absolute atomic E-state index is 12.6. The normalized spacial score (nSPS) is 10.8. The van der Waals surface area contributed by atoms with Crippen molar-refractivity contribution in [2.45, 2.75) is 13.3 Å². The first kappa shape index (κ1) is 8.83. The van der Waals surface area contributed by atoms with Gasteiger partial charge in [-0.15, -0.1) is 0 Å². The predicted molar refractivity (Wildman–Crippen MR) is 38.3 cm³/mol. The van der Waals surface area contributed by atoms with Crippen molar-refractivity contribution in [1.29, 1.82) is 0 Å². The molecule has 0 aromatic carbocycles. The summed E-state index contributed by atoms with van der Waals surface area (Å²) in [6, 6.07) is 1.07. The fourth-order valence-electron chi connectivity index (χ4n) is 0.780. The molecule has 0 radical (unpaired) electrons. The van der Waals surface area contributed by atoms with Gasteiger partial charge in [0.25, 0.3) is 6.43 Å². The number of hydrogen-bond donors (Lipinski definition) is 1. The van der Waals surface area contributed by atoms with Crippen LogP contribution in [0.3, 0.4) is 0 Å². The summed E-state index contributed by atoms with van der Waals surface area (Å²) in [4.78, 5) is 2.99. The summed E-state index contributed by atoms with van der Waals surface area (Å²) in [6.07, 6.45) is -2.77. The van der Waals surface area contributed by atoms with E-state index in [1.165, 1.54) is 6.92 Å². The number of nitrogens with zero attached hydrogens (tertiary/aromatic N) is 1. The molecular weight excluding hydrogens is 169 g/mol. The van der Waals surface area contributed by atoms with E-state index in [-0.39, 0.29) is 11.3 Å². The Morgan fingerprint density at radius 1 is 1.50 bits per heavy atom. The van der Waals surface area contributed by atoms with E-state index in [9.17, 15) is 13.2 Å². The van der Waals surface area contributed by atoms with E-state index in [1.54, 1.807) is 0 Å². The van der Waals surface area contributed by atoms with Crippen molar-refractivity contribution < 1.29 is 13.2 Å². The Bertz CT molecular complexity index is 276. The molecule has 1 aromatic heterocycles. The second kappa shape index (κ2) is 3.00. The zero-order chi connectivity index (χ0) is 9.30. The minimum atomic E-state index is -2.77. The van der Waals surface area contributed by atoms with Crippen LogP contribution in [-0.4, -0.2) is 4.98 Å². The van der Waals surface area contributed by atoms with Gasteiger partial charge in [-0.1, -0.05) is 0 Å². The predicted octanol–water partition coefficient (Wildman–Crippen LogP) is 2.05. The lowest BCUT2D eigenvalue weighted by molar-refractivity contribution is 0.145. The average Bonchev–Trinajstić information content (AvgIpc) is 1.99. The number of alkyl halides is 2. The van der Waals surface area contributed by atoms with E-state index in [2.05, 4.69) is 4.98 Å². The SMILES string of the molecule is Cc1cc(C(F)F)nc(F)c1N. The van der Waals surface area contributed by atoms with Gasteiger partial charge in [0, 0.05) is 0 Å². The number of anilines is 1. The second-order valence-electron chi connectivity index (χ2n) is 2.37. The molecule has 2 nitrogen and oxygen atoms in total. The number of aromatic nitrogens is 1. The van der Waals surface area contributed by atoms with E-state index < -0.39 is 18.1 Å². The number of nitrogens with two attached hydrogens (primary N) is 1. The highest BCUT2D eigenvalue weighted by molar-refractivity contribution is 5.45. The average molecular weight is 176 g/mol. The highest BCUT2D eigenvalue weighted by Gasteiger charge is 2.13. The number of nitrogen functional groups attached to an aromatic ring is 1. The Kier molecular flexibility index (Phi) is 2.21. The van der Waals surface area contributed by atoms with Crippen LogP contribution in [-0.2, 0) is 0 Å². The molecule has 1 rings (SSSR count). The summed E-state index contributed by atoms with van der Waals surface area (Å²) in [5, 5.41) is 0. The van der Waals surface area contributed by atoms with Gasteiger partial charge in [0.2, 0.25) is 5.95 Å². The lowest BCUT2D eigenvalue weighted by Crippen LogP contribution is -2.01. The zero-order valence-corrected chi connectivity index (χ0v) is 6.31. The van der Waals surface area contributed by atoms with Crippen molar-refractivity contribution in [3.05, 3.63) is 23.3 Å². The van der Waals surface area contributed by atoms with Crippen LogP contribution in [0.5, 0.6) is 0 Å². The Balaban J connectivity index is 3.21. The van der Waals surface area contributed by atoms with Crippen molar-refractivity contribution in [3.63, 3.8) is 0 Å². The molecule has 0 aliphatic heterocycles. The van der Waals surface area contributed by atoms with Crippen LogP contribution in [0.1, 0.15) is 17.7 Å². The van der Waals surface area contributed by atoms with Crippen LogP contribution in [0, 0.1) is 12.9 Å². The highest BCUT2D eigenvalue weighted by atomic mass is 19.3.